The number of hydrogen-bond acceptors (Lipinski definition) is 5. The minimum absolute atomic E-state index is 0.0332. The van der Waals surface area contributed by atoms with Crippen LogP contribution in [0.25, 0.3) is 0 Å². The second-order valence-corrected chi connectivity index (χ2v) is 7.93. The lowest BCUT2D eigenvalue weighted by Crippen LogP contribution is -2.61. The lowest BCUT2D eigenvalue weighted by molar-refractivity contribution is -0.145. The Morgan fingerprint density at radius 3 is 2.31 bits per heavy atom. The quantitative estimate of drug-likeness (QED) is 0.404. The number of carbonyl (C=O) groups is 3. The lowest BCUT2D eigenvalue weighted by atomic mass is 9.96. The van der Waals surface area contributed by atoms with E-state index in [9.17, 15) is 23.9 Å². The number of carbonyl (C=O) groups excluding carboxylic acids is 2. The Labute approximate surface area is 175 Å². The second kappa shape index (κ2) is 11.2. The Kier molecular flexibility index (Phi) is 9.58. The van der Waals surface area contributed by atoms with Gasteiger partial charge in [0.05, 0.1) is 18.5 Å². The molecular weight excluding hydrogens is 399 g/mol. The van der Waals surface area contributed by atoms with E-state index in [2.05, 4.69) is 23.3 Å². The molecule has 1 rings (SSSR count). The van der Waals surface area contributed by atoms with Crippen molar-refractivity contribution in [3.63, 3.8) is 0 Å². The molecule has 0 aliphatic carbocycles. The lowest BCUT2D eigenvalue weighted by Gasteiger charge is -2.31. The molecule has 3 atom stereocenters. The number of amides is 2. The highest BCUT2D eigenvalue weighted by Gasteiger charge is 2.37. The minimum atomic E-state index is -1.30. The zero-order chi connectivity index (χ0) is 22.2. The summed E-state index contributed by atoms with van der Waals surface area (Å²) in [4.78, 5) is 36.5. The van der Waals surface area contributed by atoms with Crippen molar-refractivity contribution in [2.75, 3.05) is 6.61 Å². The van der Waals surface area contributed by atoms with Crippen LogP contribution in [0.15, 0.2) is 24.3 Å². The van der Waals surface area contributed by atoms with Crippen molar-refractivity contribution < 1.29 is 28.6 Å². The van der Waals surface area contributed by atoms with Gasteiger partial charge in [0.25, 0.3) is 0 Å². The Balaban J connectivity index is 2.71. The van der Waals surface area contributed by atoms with Gasteiger partial charge in [0.15, 0.2) is 6.04 Å². The highest BCUT2D eigenvalue weighted by molar-refractivity contribution is 7.81. The molecule has 0 bridgehead atoms. The summed E-state index contributed by atoms with van der Waals surface area (Å²) in [6.45, 7) is 6.69. The standard InChI is InChI=1S/C20H29FN2O5S/c1-5-20(4,23-17(24)16(29)12(2)3)19(27)22-15(18(25)26)11-28-10-13-6-8-14(21)9-7-13/h6-9,12,15-16,29H,5,10-11H2,1-4H3,(H,22,27)(H,23,24)(H,25,26)/t15-,16?,20?/m0/s1. The van der Waals surface area contributed by atoms with E-state index in [4.69, 9.17) is 4.74 Å². The number of ether oxygens (including phenoxy) is 1. The molecule has 29 heavy (non-hydrogen) atoms. The SMILES string of the molecule is CCC(C)(NC(=O)C(S)C(C)C)C(=O)N[C@@H](COCc1ccc(F)cc1)C(=O)O. The smallest absolute Gasteiger partial charge is 0.328 e. The number of aliphatic carboxylic acids is 1. The Bertz CT molecular complexity index is 713. The Morgan fingerprint density at radius 2 is 1.83 bits per heavy atom. The number of halogens is 1. The highest BCUT2D eigenvalue weighted by atomic mass is 32.1. The molecule has 0 radical (unpaired) electrons. The van der Waals surface area contributed by atoms with Crippen LogP contribution in [0, 0.1) is 11.7 Å². The third-order valence-corrected chi connectivity index (χ3v) is 5.41. The molecule has 0 heterocycles. The molecule has 0 saturated heterocycles. The Hall–Kier alpha value is -2.13. The van der Waals surface area contributed by atoms with Crippen molar-refractivity contribution in [2.45, 2.75) is 57.6 Å². The topological polar surface area (TPSA) is 105 Å². The molecule has 2 amide bonds. The molecule has 0 spiro atoms. The van der Waals surface area contributed by atoms with Crippen molar-refractivity contribution in [1.29, 1.82) is 0 Å². The summed E-state index contributed by atoms with van der Waals surface area (Å²) in [7, 11) is 0. The summed E-state index contributed by atoms with van der Waals surface area (Å²) in [5.74, 6) is -2.71. The predicted octanol–water partition coefficient (Wildman–Crippen LogP) is 2.15. The predicted molar refractivity (Wildman–Crippen MR) is 110 cm³/mol. The zero-order valence-corrected chi connectivity index (χ0v) is 18.0. The van der Waals surface area contributed by atoms with Gasteiger partial charge in [0.1, 0.15) is 11.4 Å². The number of benzene rings is 1. The van der Waals surface area contributed by atoms with Crippen molar-refractivity contribution >= 4 is 30.4 Å². The van der Waals surface area contributed by atoms with Crippen molar-refractivity contribution in [1.82, 2.24) is 10.6 Å². The van der Waals surface area contributed by atoms with E-state index in [1.54, 1.807) is 6.92 Å². The second-order valence-electron chi connectivity index (χ2n) is 7.37. The molecule has 0 aliphatic heterocycles. The molecule has 1 aromatic rings. The summed E-state index contributed by atoms with van der Waals surface area (Å²) >= 11 is 4.25. The number of hydrogen-bond donors (Lipinski definition) is 4. The van der Waals surface area contributed by atoms with Gasteiger partial charge in [0.2, 0.25) is 11.8 Å². The molecule has 0 fully saturated rings. The molecule has 2 unspecified atom stereocenters. The summed E-state index contributed by atoms with van der Waals surface area (Å²) < 4.78 is 18.3. The van der Waals surface area contributed by atoms with Gasteiger partial charge in [-0.15, -0.1) is 0 Å². The number of thiol groups is 1. The molecule has 9 heteroatoms. The highest BCUT2D eigenvalue weighted by Crippen LogP contribution is 2.15. The summed E-state index contributed by atoms with van der Waals surface area (Å²) in [5, 5.41) is 13.9. The fourth-order valence-electron chi connectivity index (χ4n) is 2.32. The first-order valence-corrected chi connectivity index (χ1v) is 9.87. The van der Waals surface area contributed by atoms with Crippen molar-refractivity contribution in [3.05, 3.63) is 35.6 Å². The number of rotatable bonds is 11. The van der Waals surface area contributed by atoms with E-state index >= 15 is 0 Å². The van der Waals surface area contributed by atoms with Gasteiger partial charge in [-0.3, -0.25) is 9.59 Å². The molecule has 0 aliphatic rings. The first-order valence-electron chi connectivity index (χ1n) is 9.36. The molecule has 162 valence electrons. The van der Waals surface area contributed by atoms with Crippen LogP contribution in [0.4, 0.5) is 4.39 Å². The van der Waals surface area contributed by atoms with Crippen LogP contribution < -0.4 is 10.6 Å². The number of carboxylic acids is 1. The molecule has 0 saturated carbocycles. The van der Waals surface area contributed by atoms with Crippen LogP contribution in [0.2, 0.25) is 0 Å². The molecule has 1 aromatic carbocycles. The largest absolute Gasteiger partial charge is 0.480 e. The van der Waals surface area contributed by atoms with E-state index in [1.807, 2.05) is 13.8 Å². The third kappa shape index (κ3) is 7.66. The molecular formula is C20H29FN2O5S. The molecule has 0 aromatic heterocycles. The van der Waals surface area contributed by atoms with Crippen LogP contribution in [-0.4, -0.2) is 46.3 Å². The van der Waals surface area contributed by atoms with E-state index in [0.717, 1.165) is 0 Å². The normalized spacial score (nSPS) is 15.3. The van der Waals surface area contributed by atoms with Crippen molar-refractivity contribution in [3.8, 4) is 0 Å². The van der Waals surface area contributed by atoms with E-state index in [1.165, 1.54) is 31.2 Å². The minimum Gasteiger partial charge on any atom is -0.480 e. The maximum Gasteiger partial charge on any atom is 0.328 e. The maximum atomic E-state index is 12.9. The first-order chi connectivity index (χ1) is 13.5. The third-order valence-electron chi connectivity index (χ3n) is 4.58. The average Bonchev–Trinajstić information content (AvgIpc) is 2.67. The Morgan fingerprint density at radius 1 is 1.24 bits per heavy atom. The van der Waals surface area contributed by atoms with Gasteiger partial charge in [-0.05, 0) is 37.0 Å². The van der Waals surface area contributed by atoms with Gasteiger partial charge in [0, 0.05) is 0 Å². The van der Waals surface area contributed by atoms with E-state index in [-0.39, 0.29) is 31.4 Å². The van der Waals surface area contributed by atoms with E-state index in [0.29, 0.717) is 5.56 Å². The number of nitrogens with one attached hydrogen (secondary N) is 2. The number of carboxylic acid groups (broad SMARTS) is 1. The monoisotopic (exact) mass is 428 g/mol. The first kappa shape index (κ1) is 24.9. The van der Waals surface area contributed by atoms with Crippen molar-refractivity contribution in [2.24, 2.45) is 5.92 Å². The van der Waals surface area contributed by atoms with Gasteiger partial charge < -0.3 is 20.5 Å². The van der Waals surface area contributed by atoms with Crippen LogP contribution in [0.3, 0.4) is 0 Å². The van der Waals surface area contributed by atoms with Gasteiger partial charge in [-0.2, -0.15) is 12.6 Å². The van der Waals surface area contributed by atoms with Gasteiger partial charge in [-0.1, -0.05) is 32.9 Å². The molecule has 3 N–H and O–H groups in total. The summed E-state index contributed by atoms with van der Waals surface area (Å²) in [6.07, 6.45) is 0.256. The molecule has 7 nitrogen and oxygen atoms in total. The van der Waals surface area contributed by atoms with Gasteiger partial charge >= 0.3 is 5.97 Å². The maximum absolute atomic E-state index is 12.9. The zero-order valence-electron chi connectivity index (χ0n) is 17.1. The van der Waals surface area contributed by atoms with Crippen LogP contribution >= 0.6 is 12.6 Å². The summed E-state index contributed by atoms with van der Waals surface area (Å²) in [6, 6.07) is 4.29. The van der Waals surface area contributed by atoms with Crippen LogP contribution in [0.1, 0.15) is 39.7 Å². The van der Waals surface area contributed by atoms with Crippen LogP contribution in [-0.2, 0) is 25.7 Å². The average molecular weight is 429 g/mol. The fourth-order valence-corrected chi connectivity index (χ4v) is 2.39. The van der Waals surface area contributed by atoms with Crippen LogP contribution in [0.5, 0.6) is 0 Å². The van der Waals surface area contributed by atoms with E-state index < -0.39 is 34.6 Å². The van der Waals surface area contributed by atoms with Gasteiger partial charge in [-0.25, -0.2) is 9.18 Å². The fraction of sp³-hybridized carbons (Fsp3) is 0.550. The summed E-state index contributed by atoms with van der Waals surface area (Å²) in [5.41, 5.74) is -0.626.